The molecule has 2 aromatic rings. The van der Waals surface area contributed by atoms with Crippen molar-refractivity contribution in [3.8, 4) is 11.5 Å². The van der Waals surface area contributed by atoms with Crippen LogP contribution in [-0.4, -0.2) is 32.2 Å². The van der Waals surface area contributed by atoms with Crippen LogP contribution in [0.25, 0.3) is 6.08 Å². The van der Waals surface area contributed by atoms with Crippen LogP contribution < -0.4 is 14.8 Å². The van der Waals surface area contributed by atoms with Crippen LogP contribution in [0, 0.1) is 6.92 Å². The first-order chi connectivity index (χ1) is 13.9. The molecule has 1 N–H and O–H groups in total. The number of anilines is 1. The van der Waals surface area contributed by atoms with Gasteiger partial charge in [-0.1, -0.05) is 30.7 Å². The number of nitrogens with one attached hydrogen (secondary N) is 1. The Morgan fingerprint density at radius 3 is 2.69 bits per heavy atom. The number of esters is 1. The van der Waals surface area contributed by atoms with E-state index >= 15 is 0 Å². The lowest BCUT2D eigenvalue weighted by atomic mass is 10.2. The highest BCUT2D eigenvalue weighted by molar-refractivity contribution is 6.32. The molecule has 2 aromatic carbocycles. The van der Waals surface area contributed by atoms with Gasteiger partial charge in [0.15, 0.2) is 18.1 Å². The molecule has 0 saturated heterocycles. The maximum atomic E-state index is 11.9. The fourth-order valence-electron chi connectivity index (χ4n) is 2.45. The van der Waals surface area contributed by atoms with E-state index < -0.39 is 11.9 Å². The number of carbonyl (C=O) groups excluding carboxylic acids is 2. The summed E-state index contributed by atoms with van der Waals surface area (Å²) in [7, 11) is 1.51. The van der Waals surface area contributed by atoms with Crippen LogP contribution in [0.5, 0.6) is 11.5 Å². The fourth-order valence-corrected chi connectivity index (χ4v) is 2.72. The number of carbonyl (C=O) groups is 2. The highest BCUT2D eigenvalue weighted by Gasteiger charge is 2.11. The second kappa shape index (κ2) is 11.1. The molecule has 7 heteroatoms. The monoisotopic (exact) mass is 417 g/mol. The van der Waals surface area contributed by atoms with Crippen molar-refractivity contribution in [1.82, 2.24) is 0 Å². The minimum Gasteiger partial charge on any atom is -0.493 e. The van der Waals surface area contributed by atoms with Crippen LogP contribution in [0.1, 0.15) is 24.5 Å². The Bertz CT molecular complexity index is 895. The maximum absolute atomic E-state index is 11.9. The molecule has 0 atom stereocenters. The summed E-state index contributed by atoms with van der Waals surface area (Å²) in [5, 5.41) is 3.05. The lowest BCUT2D eigenvalue weighted by Gasteiger charge is -2.12. The van der Waals surface area contributed by atoms with Crippen LogP contribution in [-0.2, 0) is 14.3 Å². The number of benzene rings is 2. The van der Waals surface area contributed by atoms with Crippen LogP contribution in [0.4, 0.5) is 5.69 Å². The lowest BCUT2D eigenvalue weighted by Crippen LogP contribution is -2.20. The Hall–Kier alpha value is -2.99. The summed E-state index contributed by atoms with van der Waals surface area (Å²) in [6, 6.07) is 10.7. The molecule has 0 aromatic heterocycles. The number of halogens is 1. The Morgan fingerprint density at radius 1 is 1.21 bits per heavy atom. The van der Waals surface area contributed by atoms with Gasteiger partial charge in [0.05, 0.1) is 18.7 Å². The first-order valence-corrected chi connectivity index (χ1v) is 9.52. The zero-order valence-electron chi connectivity index (χ0n) is 16.7. The summed E-state index contributed by atoms with van der Waals surface area (Å²) >= 11 is 6.25. The first kappa shape index (κ1) is 22.3. The van der Waals surface area contributed by atoms with Gasteiger partial charge >= 0.3 is 5.97 Å². The van der Waals surface area contributed by atoms with Crippen molar-refractivity contribution >= 4 is 35.2 Å². The molecule has 0 bridgehead atoms. The van der Waals surface area contributed by atoms with Gasteiger partial charge in [-0.2, -0.15) is 0 Å². The molecule has 0 spiro atoms. The van der Waals surface area contributed by atoms with Gasteiger partial charge in [0.2, 0.25) is 0 Å². The molecule has 0 unspecified atom stereocenters. The summed E-state index contributed by atoms with van der Waals surface area (Å²) in [5.41, 5.74) is 2.30. The van der Waals surface area contributed by atoms with Crippen molar-refractivity contribution in [3.63, 3.8) is 0 Å². The molecule has 0 aliphatic heterocycles. The summed E-state index contributed by atoms with van der Waals surface area (Å²) in [4.78, 5) is 23.8. The molecule has 0 fully saturated rings. The van der Waals surface area contributed by atoms with Gasteiger partial charge in [-0.05, 0) is 54.8 Å². The predicted molar refractivity (Wildman–Crippen MR) is 114 cm³/mol. The topological polar surface area (TPSA) is 73.9 Å². The number of ether oxygens (including phenoxy) is 3. The van der Waals surface area contributed by atoms with Crippen molar-refractivity contribution in [2.24, 2.45) is 0 Å². The zero-order valence-corrected chi connectivity index (χ0v) is 17.4. The van der Waals surface area contributed by atoms with Crippen LogP contribution in [0.2, 0.25) is 5.02 Å². The van der Waals surface area contributed by atoms with Crippen LogP contribution in [0.15, 0.2) is 42.5 Å². The highest BCUT2D eigenvalue weighted by atomic mass is 35.5. The molecule has 0 aliphatic rings. The van der Waals surface area contributed by atoms with Crippen molar-refractivity contribution in [2.45, 2.75) is 20.3 Å². The molecule has 1 amide bonds. The Morgan fingerprint density at radius 2 is 2.00 bits per heavy atom. The fraction of sp³-hybridized carbons (Fsp3) is 0.273. The molecule has 6 nitrogen and oxygen atoms in total. The number of amides is 1. The van der Waals surface area contributed by atoms with Gasteiger partial charge in [0, 0.05) is 11.8 Å². The van der Waals surface area contributed by atoms with Gasteiger partial charge < -0.3 is 19.5 Å². The van der Waals surface area contributed by atoms with E-state index in [1.807, 2.05) is 32.0 Å². The second-order valence-electron chi connectivity index (χ2n) is 6.24. The summed E-state index contributed by atoms with van der Waals surface area (Å²) in [6.45, 7) is 4.04. The number of methoxy groups -OCH3 is 1. The summed E-state index contributed by atoms with van der Waals surface area (Å²) in [6.07, 6.45) is 3.58. The number of hydrogen-bond donors (Lipinski definition) is 1. The van der Waals surface area contributed by atoms with E-state index in [1.165, 1.54) is 19.3 Å². The smallest absolute Gasteiger partial charge is 0.331 e. The van der Waals surface area contributed by atoms with Crippen molar-refractivity contribution in [3.05, 3.63) is 58.6 Å². The van der Waals surface area contributed by atoms with Crippen molar-refractivity contribution in [2.75, 3.05) is 25.6 Å². The minimum absolute atomic E-state index is 0.378. The van der Waals surface area contributed by atoms with Crippen molar-refractivity contribution < 1.29 is 23.8 Å². The predicted octanol–water partition coefficient (Wildman–Crippen LogP) is 4.64. The van der Waals surface area contributed by atoms with Crippen LogP contribution >= 0.6 is 11.6 Å². The van der Waals surface area contributed by atoms with E-state index in [9.17, 15) is 9.59 Å². The molecule has 0 heterocycles. The van der Waals surface area contributed by atoms with Gasteiger partial charge in [-0.15, -0.1) is 0 Å². The second-order valence-corrected chi connectivity index (χ2v) is 6.65. The van der Waals surface area contributed by atoms with E-state index in [2.05, 4.69) is 5.32 Å². The SMILES string of the molecule is CCCOc1c(Cl)cc(/C=C/C(=O)OCC(=O)Nc2cccc(C)c2)cc1OC. The largest absolute Gasteiger partial charge is 0.493 e. The summed E-state index contributed by atoms with van der Waals surface area (Å²) < 4.78 is 15.9. The standard InChI is InChI=1S/C22H24ClNO5/c1-4-10-28-22-18(23)12-16(13-19(22)27-3)8-9-21(26)29-14-20(25)24-17-7-5-6-15(2)11-17/h5-9,11-13H,4,10,14H2,1-3H3,(H,24,25)/b9-8+. The van der Waals surface area contributed by atoms with E-state index in [0.29, 0.717) is 34.4 Å². The molecule has 0 radical (unpaired) electrons. The third kappa shape index (κ3) is 7.16. The third-order valence-electron chi connectivity index (χ3n) is 3.76. The number of aryl methyl sites for hydroxylation is 1. The average molecular weight is 418 g/mol. The van der Waals surface area contributed by atoms with E-state index in [1.54, 1.807) is 18.2 Å². The Labute approximate surface area is 175 Å². The van der Waals surface area contributed by atoms with E-state index in [0.717, 1.165) is 12.0 Å². The third-order valence-corrected chi connectivity index (χ3v) is 4.04. The maximum Gasteiger partial charge on any atom is 0.331 e. The Kier molecular flexibility index (Phi) is 8.55. The van der Waals surface area contributed by atoms with Crippen molar-refractivity contribution in [1.29, 1.82) is 0 Å². The number of rotatable bonds is 9. The molecule has 29 heavy (non-hydrogen) atoms. The zero-order chi connectivity index (χ0) is 21.2. The molecular weight excluding hydrogens is 394 g/mol. The van der Waals surface area contributed by atoms with E-state index in [-0.39, 0.29) is 6.61 Å². The quantitative estimate of drug-likeness (QED) is 0.475. The molecule has 0 aliphatic carbocycles. The molecule has 0 saturated carbocycles. The van der Waals surface area contributed by atoms with Gasteiger partial charge in [-0.25, -0.2) is 4.79 Å². The van der Waals surface area contributed by atoms with Gasteiger partial charge in [0.25, 0.3) is 5.91 Å². The van der Waals surface area contributed by atoms with E-state index in [4.69, 9.17) is 25.8 Å². The van der Waals surface area contributed by atoms with Gasteiger partial charge in [0.1, 0.15) is 0 Å². The average Bonchev–Trinajstić information content (AvgIpc) is 2.69. The minimum atomic E-state index is -0.647. The first-order valence-electron chi connectivity index (χ1n) is 9.14. The lowest BCUT2D eigenvalue weighted by molar-refractivity contribution is -0.142. The molecule has 2 rings (SSSR count). The highest BCUT2D eigenvalue weighted by Crippen LogP contribution is 2.36. The van der Waals surface area contributed by atoms with Crippen LogP contribution in [0.3, 0.4) is 0 Å². The Balaban J connectivity index is 1.92. The summed E-state index contributed by atoms with van der Waals surface area (Å²) in [5.74, 6) is -0.134. The number of hydrogen-bond acceptors (Lipinski definition) is 5. The normalized spacial score (nSPS) is 10.6. The molecule has 154 valence electrons. The molecular formula is C22H24ClNO5. The van der Waals surface area contributed by atoms with Gasteiger partial charge in [-0.3, -0.25) is 4.79 Å².